The Kier molecular flexibility index (Phi) is 5.15. The number of sulfone groups is 1. The molecule has 26 heavy (non-hydrogen) atoms. The van der Waals surface area contributed by atoms with E-state index in [0.717, 1.165) is 9.26 Å². The van der Waals surface area contributed by atoms with Gasteiger partial charge in [-0.1, -0.05) is 0 Å². The second-order valence-corrected chi connectivity index (χ2v) is 10.7. The number of rotatable bonds is 5. The molecule has 3 aromatic rings. The van der Waals surface area contributed by atoms with Gasteiger partial charge in [0.05, 0.1) is 35.2 Å². The zero-order chi connectivity index (χ0) is 19.1. The lowest BCUT2D eigenvalue weighted by molar-refractivity contribution is 0.183. The number of imidazole rings is 1. The van der Waals surface area contributed by atoms with Gasteiger partial charge < -0.3 is 4.74 Å². The smallest absolute Gasteiger partial charge is 0.185 e. The molecule has 9 heteroatoms. The van der Waals surface area contributed by atoms with E-state index in [4.69, 9.17) is 4.74 Å². The van der Waals surface area contributed by atoms with Crippen molar-refractivity contribution >= 4 is 38.1 Å². The van der Waals surface area contributed by atoms with Gasteiger partial charge in [0.1, 0.15) is 9.35 Å². The number of hydrogen-bond donors (Lipinski definition) is 0. The first-order valence-electron chi connectivity index (χ1n) is 8.08. The summed E-state index contributed by atoms with van der Waals surface area (Å²) >= 11 is 2.14. The van der Waals surface area contributed by atoms with Crippen molar-refractivity contribution in [2.45, 2.75) is 37.0 Å². The van der Waals surface area contributed by atoms with Gasteiger partial charge in [-0.25, -0.2) is 13.4 Å². The number of hydrogen-bond acceptors (Lipinski definition) is 5. The number of pyridine rings is 1. The molecule has 0 N–H and O–H groups in total. The van der Waals surface area contributed by atoms with Gasteiger partial charge in [0.2, 0.25) is 0 Å². The van der Waals surface area contributed by atoms with E-state index in [0.29, 0.717) is 24.4 Å². The number of halogens is 1. The van der Waals surface area contributed by atoms with E-state index in [1.165, 1.54) is 0 Å². The van der Waals surface area contributed by atoms with Crippen LogP contribution in [0.25, 0.3) is 16.8 Å². The third kappa shape index (κ3) is 3.39. The summed E-state index contributed by atoms with van der Waals surface area (Å²) in [5.74, 6) is 0. The van der Waals surface area contributed by atoms with Crippen LogP contribution in [0.2, 0.25) is 0 Å². The van der Waals surface area contributed by atoms with Gasteiger partial charge in [-0.2, -0.15) is 5.10 Å². The van der Waals surface area contributed by atoms with E-state index in [1.807, 2.05) is 6.20 Å². The van der Waals surface area contributed by atoms with Gasteiger partial charge in [0.15, 0.2) is 9.84 Å². The maximum absolute atomic E-state index is 13.2. The van der Waals surface area contributed by atoms with Gasteiger partial charge in [-0.3, -0.25) is 9.08 Å². The minimum atomic E-state index is -3.56. The highest BCUT2D eigenvalue weighted by Gasteiger charge is 2.34. The van der Waals surface area contributed by atoms with Crippen LogP contribution < -0.4 is 0 Å². The topological polar surface area (TPSA) is 78.5 Å². The molecule has 0 unspecified atom stereocenters. The van der Waals surface area contributed by atoms with Gasteiger partial charge in [0.25, 0.3) is 0 Å². The van der Waals surface area contributed by atoms with Crippen LogP contribution in [0.1, 0.15) is 20.8 Å². The van der Waals surface area contributed by atoms with Crippen molar-refractivity contribution in [2.75, 3.05) is 13.7 Å². The normalized spacial score (nSPS) is 12.8. The first kappa shape index (κ1) is 19.3. The van der Waals surface area contributed by atoms with Crippen LogP contribution in [0.3, 0.4) is 0 Å². The number of nitrogens with zero attached hydrogens (tertiary/aromatic N) is 4. The number of methoxy groups -OCH3 is 1. The van der Waals surface area contributed by atoms with Crippen LogP contribution in [0.4, 0.5) is 0 Å². The summed E-state index contributed by atoms with van der Waals surface area (Å²) in [6.07, 6.45) is 6.89. The molecular formula is C17H21IN4O3S. The fraction of sp³-hybridized carbons (Fsp3) is 0.412. The Hall–Kier alpha value is -1.46. The Labute approximate surface area is 166 Å². The quantitative estimate of drug-likeness (QED) is 0.516. The maximum Gasteiger partial charge on any atom is 0.185 e. The Morgan fingerprint density at radius 2 is 1.96 bits per heavy atom. The third-order valence-electron chi connectivity index (χ3n) is 4.13. The van der Waals surface area contributed by atoms with Crippen molar-refractivity contribution in [2.24, 2.45) is 0 Å². The first-order chi connectivity index (χ1) is 12.1. The molecule has 3 heterocycles. The Balaban J connectivity index is 2.23. The van der Waals surface area contributed by atoms with Crippen molar-refractivity contribution < 1.29 is 13.2 Å². The fourth-order valence-corrected chi connectivity index (χ4v) is 4.45. The van der Waals surface area contributed by atoms with Crippen LogP contribution in [0.15, 0.2) is 35.7 Å². The summed E-state index contributed by atoms with van der Waals surface area (Å²) in [6.45, 7) is 6.25. The van der Waals surface area contributed by atoms with Gasteiger partial charge in [0, 0.05) is 30.6 Å². The molecule has 7 nitrogen and oxygen atoms in total. The summed E-state index contributed by atoms with van der Waals surface area (Å²) in [5, 5.41) is 4.31. The molecule has 0 aliphatic rings. The molecule has 3 rings (SSSR count). The summed E-state index contributed by atoms with van der Waals surface area (Å²) in [4.78, 5) is 4.64. The minimum absolute atomic E-state index is 0.278. The van der Waals surface area contributed by atoms with E-state index in [1.54, 1.807) is 61.6 Å². The SMILES string of the molecule is COCCn1cc(-c2cc3ncc(I)n3cc2S(=O)(=O)C(C)(C)C)cn1. The lowest BCUT2D eigenvalue weighted by Crippen LogP contribution is -2.28. The van der Waals surface area contributed by atoms with Gasteiger partial charge >= 0.3 is 0 Å². The van der Waals surface area contributed by atoms with Crippen LogP contribution in [-0.4, -0.2) is 46.0 Å². The maximum atomic E-state index is 13.2. The summed E-state index contributed by atoms with van der Waals surface area (Å²) in [7, 11) is -1.93. The van der Waals surface area contributed by atoms with Crippen molar-refractivity contribution in [1.29, 1.82) is 0 Å². The summed E-state index contributed by atoms with van der Waals surface area (Å²) in [5.41, 5.74) is 2.05. The van der Waals surface area contributed by atoms with E-state index >= 15 is 0 Å². The zero-order valence-electron chi connectivity index (χ0n) is 15.1. The molecule has 0 atom stereocenters. The first-order valence-corrected chi connectivity index (χ1v) is 10.6. The van der Waals surface area contributed by atoms with E-state index in [-0.39, 0.29) is 4.90 Å². The average Bonchev–Trinajstić information content (AvgIpc) is 3.18. The molecule has 0 fully saturated rings. The van der Waals surface area contributed by atoms with Gasteiger partial charge in [-0.15, -0.1) is 0 Å². The second-order valence-electron chi connectivity index (χ2n) is 6.96. The molecule has 0 amide bonds. The second kappa shape index (κ2) is 6.93. The Morgan fingerprint density at radius 1 is 1.23 bits per heavy atom. The monoisotopic (exact) mass is 488 g/mol. The van der Waals surface area contributed by atoms with Crippen LogP contribution in [0, 0.1) is 3.70 Å². The van der Waals surface area contributed by atoms with Crippen molar-refractivity contribution in [1.82, 2.24) is 19.2 Å². The molecule has 0 radical (unpaired) electrons. The van der Waals surface area contributed by atoms with E-state index < -0.39 is 14.6 Å². The molecule has 0 bridgehead atoms. The van der Waals surface area contributed by atoms with Gasteiger partial charge in [-0.05, 0) is 49.4 Å². The summed E-state index contributed by atoms with van der Waals surface area (Å²) in [6, 6.07) is 1.80. The molecule has 3 aromatic heterocycles. The molecule has 0 aromatic carbocycles. The minimum Gasteiger partial charge on any atom is -0.383 e. The standard InChI is InChI=1S/C17H21IN4O3S/c1-17(2,3)26(23,24)14-11-22-15(18)9-19-16(22)7-13(14)12-8-20-21(10-12)5-6-25-4/h7-11H,5-6H2,1-4H3. The third-order valence-corrected chi connectivity index (χ3v) is 7.45. The average molecular weight is 488 g/mol. The highest BCUT2D eigenvalue weighted by atomic mass is 127. The number of aromatic nitrogens is 4. The molecule has 0 aliphatic carbocycles. The largest absolute Gasteiger partial charge is 0.383 e. The number of ether oxygens (including phenoxy) is 1. The predicted octanol–water partition coefficient (Wildman–Crippen LogP) is 3.02. The molecule has 0 spiro atoms. The molecule has 0 aliphatic heterocycles. The molecular weight excluding hydrogens is 467 g/mol. The van der Waals surface area contributed by atoms with Crippen molar-refractivity contribution in [3.05, 3.63) is 34.6 Å². The van der Waals surface area contributed by atoms with Crippen LogP contribution in [-0.2, 0) is 21.1 Å². The fourth-order valence-electron chi connectivity index (χ4n) is 2.55. The highest BCUT2D eigenvalue weighted by molar-refractivity contribution is 14.1. The zero-order valence-corrected chi connectivity index (χ0v) is 18.1. The Bertz CT molecular complexity index is 1050. The predicted molar refractivity (Wildman–Crippen MR) is 108 cm³/mol. The molecule has 140 valence electrons. The lowest BCUT2D eigenvalue weighted by atomic mass is 10.1. The number of fused-ring (bicyclic) bond motifs is 1. The molecule has 0 saturated carbocycles. The van der Waals surface area contributed by atoms with Crippen LogP contribution >= 0.6 is 22.6 Å². The molecule has 0 saturated heterocycles. The Morgan fingerprint density at radius 3 is 2.62 bits per heavy atom. The summed E-state index contributed by atoms with van der Waals surface area (Å²) < 4.78 is 35.0. The van der Waals surface area contributed by atoms with Crippen molar-refractivity contribution in [3.8, 4) is 11.1 Å². The van der Waals surface area contributed by atoms with E-state index in [2.05, 4.69) is 32.7 Å². The highest BCUT2D eigenvalue weighted by Crippen LogP contribution is 2.34. The van der Waals surface area contributed by atoms with E-state index in [9.17, 15) is 8.42 Å². The van der Waals surface area contributed by atoms with Crippen molar-refractivity contribution in [3.63, 3.8) is 0 Å². The van der Waals surface area contributed by atoms with Crippen LogP contribution in [0.5, 0.6) is 0 Å². The lowest BCUT2D eigenvalue weighted by Gasteiger charge is -2.21.